The van der Waals surface area contributed by atoms with Crippen LogP contribution in [0.5, 0.6) is 0 Å². The molecule has 0 atom stereocenters. The van der Waals surface area contributed by atoms with Gasteiger partial charge in [0.1, 0.15) is 0 Å². The van der Waals surface area contributed by atoms with Crippen molar-refractivity contribution in [3.8, 4) is 0 Å². The number of carboxylic acid groups (broad SMARTS) is 1. The monoisotopic (exact) mass is 250 g/mol. The van der Waals surface area contributed by atoms with Gasteiger partial charge in [-0.05, 0) is 25.1 Å². The minimum absolute atomic E-state index is 0.0516. The highest BCUT2D eigenvalue weighted by Gasteiger charge is 2.14. The van der Waals surface area contributed by atoms with Gasteiger partial charge in [0.2, 0.25) is 0 Å². The van der Waals surface area contributed by atoms with Gasteiger partial charge in [-0.15, -0.1) is 0 Å². The molecule has 0 aliphatic rings. The molecule has 0 heterocycles. The van der Waals surface area contributed by atoms with Crippen LogP contribution in [0.4, 0.5) is 11.4 Å². The lowest BCUT2D eigenvalue weighted by molar-refractivity contribution is -0.385. The Kier molecular flexibility index (Phi) is 4.04. The summed E-state index contributed by atoms with van der Waals surface area (Å²) in [6.45, 7) is 1.39. The number of benzene rings is 1. The molecule has 0 bridgehead atoms. The van der Waals surface area contributed by atoms with Crippen LogP contribution in [-0.4, -0.2) is 30.1 Å². The average molecular weight is 250 g/mol. The molecular formula is C12H14N2O4. The zero-order valence-corrected chi connectivity index (χ0v) is 10.4. The minimum Gasteiger partial charge on any atom is -0.478 e. The van der Waals surface area contributed by atoms with Crippen LogP contribution in [0.3, 0.4) is 0 Å². The van der Waals surface area contributed by atoms with E-state index in [4.69, 9.17) is 5.11 Å². The lowest BCUT2D eigenvalue weighted by Gasteiger charge is -2.12. The molecular weight excluding hydrogens is 236 g/mol. The number of hydrogen-bond donors (Lipinski definition) is 1. The van der Waals surface area contributed by atoms with E-state index in [1.54, 1.807) is 31.1 Å². The second-order valence-electron chi connectivity index (χ2n) is 4.03. The average Bonchev–Trinajstić information content (AvgIpc) is 2.28. The summed E-state index contributed by atoms with van der Waals surface area (Å²) in [5, 5.41) is 19.7. The maximum atomic E-state index is 11.0. The SMILES string of the molecule is CC(=Cc1ccc(N(C)C)cc1[N+](=O)[O-])C(=O)O. The smallest absolute Gasteiger partial charge is 0.331 e. The molecule has 0 unspecified atom stereocenters. The van der Waals surface area contributed by atoms with Crippen molar-refractivity contribution >= 4 is 23.4 Å². The molecule has 0 radical (unpaired) electrons. The molecule has 1 aromatic carbocycles. The van der Waals surface area contributed by atoms with Gasteiger partial charge in [-0.2, -0.15) is 0 Å². The quantitative estimate of drug-likeness (QED) is 0.503. The van der Waals surface area contributed by atoms with Crippen LogP contribution in [-0.2, 0) is 4.79 Å². The second-order valence-corrected chi connectivity index (χ2v) is 4.03. The Labute approximate surface area is 104 Å². The summed E-state index contributed by atoms with van der Waals surface area (Å²) in [6, 6.07) is 4.66. The van der Waals surface area contributed by atoms with Crippen LogP contribution >= 0.6 is 0 Å². The third-order valence-electron chi connectivity index (χ3n) is 2.44. The van der Waals surface area contributed by atoms with Crippen molar-refractivity contribution in [1.82, 2.24) is 0 Å². The molecule has 0 saturated heterocycles. The third-order valence-corrected chi connectivity index (χ3v) is 2.44. The minimum atomic E-state index is -1.10. The van der Waals surface area contributed by atoms with E-state index >= 15 is 0 Å². The Balaban J connectivity index is 3.33. The number of nitro groups is 1. The summed E-state index contributed by atoms with van der Waals surface area (Å²) in [4.78, 5) is 22.9. The molecule has 18 heavy (non-hydrogen) atoms. The summed E-state index contributed by atoms with van der Waals surface area (Å²) >= 11 is 0. The predicted molar refractivity (Wildman–Crippen MR) is 68.7 cm³/mol. The van der Waals surface area contributed by atoms with Crippen LogP contribution in [0.1, 0.15) is 12.5 Å². The number of anilines is 1. The summed E-state index contributed by atoms with van der Waals surface area (Å²) in [6.07, 6.45) is 1.29. The Morgan fingerprint density at radius 2 is 2.06 bits per heavy atom. The zero-order chi connectivity index (χ0) is 13.9. The summed E-state index contributed by atoms with van der Waals surface area (Å²) in [7, 11) is 3.55. The Bertz CT molecular complexity index is 521. The Morgan fingerprint density at radius 3 is 2.50 bits per heavy atom. The topological polar surface area (TPSA) is 83.7 Å². The number of carbonyl (C=O) groups is 1. The first-order chi connectivity index (χ1) is 8.32. The Morgan fingerprint density at radius 1 is 1.44 bits per heavy atom. The summed E-state index contributed by atoms with van der Waals surface area (Å²) in [5.74, 6) is -1.10. The molecule has 96 valence electrons. The van der Waals surface area contributed by atoms with Gasteiger partial charge in [0.15, 0.2) is 0 Å². The van der Waals surface area contributed by atoms with E-state index in [9.17, 15) is 14.9 Å². The molecule has 6 heteroatoms. The highest BCUT2D eigenvalue weighted by atomic mass is 16.6. The fourth-order valence-corrected chi connectivity index (χ4v) is 1.39. The number of nitrogens with zero attached hydrogens (tertiary/aromatic N) is 2. The van der Waals surface area contributed by atoms with Gasteiger partial charge in [0.05, 0.1) is 10.5 Å². The first kappa shape index (κ1) is 13.7. The third kappa shape index (κ3) is 3.07. The largest absolute Gasteiger partial charge is 0.478 e. The van der Waals surface area contributed by atoms with E-state index in [1.165, 1.54) is 19.1 Å². The van der Waals surface area contributed by atoms with Gasteiger partial charge in [-0.3, -0.25) is 10.1 Å². The van der Waals surface area contributed by atoms with Crippen molar-refractivity contribution in [1.29, 1.82) is 0 Å². The van der Waals surface area contributed by atoms with Gasteiger partial charge in [-0.25, -0.2) is 4.79 Å². The molecule has 0 aromatic heterocycles. The maximum absolute atomic E-state index is 11.0. The fraction of sp³-hybridized carbons (Fsp3) is 0.250. The van der Waals surface area contributed by atoms with Crippen LogP contribution in [0.15, 0.2) is 23.8 Å². The first-order valence-corrected chi connectivity index (χ1v) is 5.20. The summed E-state index contributed by atoms with van der Waals surface area (Å²) in [5.41, 5.74) is 0.912. The van der Waals surface area contributed by atoms with E-state index < -0.39 is 10.9 Å². The van der Waals surface area contributed by atoms with E-state index in [1.807, 2.05) is 0 Å². The van der Waals surface area contributed by atoms with Crippen molar-refractivity contribution in [2.45, 2.75) is 6.92 Å². The summed E-state index contributed by atoms with van der Waals surface area (Å²) < 4.78 is 0. The van der Waals surface area contributed by atoms with Crippen LogP contribution in [0.2, 0.25) is 0 Å². The number of hydrogen-bond acceptors (Lipinski definition) is 4. The molecule has 6 nitrogen and oxygen atoms in total. The van der Waals surface area contributed by atoms with Gasteiger partial charge < -0.3 is 10.0 Å². The normalized spacial score (nSPS) is 11.2. The molecule has 0 aliphatic heterocycles. The fourth-order valence-electron chi connectivity index (χ4n) is 1.39. The Hall–Kier alpha value is -2.37. The highest BCUT2D eigenvalue weighted by Crippen LogP contribution is 2.26. The zero-order valence-electron chi connectivity index (χ0n) is 10.4. The molecule has 0 fully saturated rings. The van der Waals surface area contributed by atoms with Crippen LogP contribution in [0, 0.1) is 10.1 Å². The molecule has 0 spiro atoms. The van der Waals surface area contributed by atoms with E-state index in [2.05, 4.69) is 0 Å². The molecule has 0 amide bonds. The standard InChI is InChI=1S/C12H14N2O4/c1-8(12(15)16)6-9-4-5-10(13(2)3)7-11(9)14(17)18/h4-7H,1-3H3,(H,15,16). The van der Waals surface area contributed by atoms with Gasteiger partial charge in [0, 0.05) is 31.4 Å². The number of rotatable bonds is 4. The molecule has 0 saturated carbocycles. The van der Waals surface area contributed by atoms with Crippen molar-refractivity contribution in [3.63, 3.8) is 0 Å². The van der Waals surface area contributed by atoms with Crippen LogP contribution in [0.25, 0.3) is 6.08 Å². The second kappa shape index (κ2) is 5.31. The van der Waals surface area contributed by atoms with Crippen LogP contribution < -0.4 is 4.90 Å². The van der Waals surface area contributed by atoms with Crippen molar-refractivity contribution in [2.24, 2.45) is 0 Å². The lowest BCUT2D eigenvalue weighted by Crippen LogP contribution is -2.09. The molecule has 1 N–H and O–H groups in total. The predicted octanol–water partition coefficient (Wildman–Crippen LogP) is 2.15. The number of nitro benzene ring substituents is 1. The van der Waals surface area contributed by atoms with Gasteiger partial charge >= 0.3 is 5.97 Å². The number of carboxylic acids is 1. The highest BCUT2D eigenvalue weighted by molar-refractivity contribution is 5.92. The van der Waals surface area contributed by atoms with E-state index in [0.717, 1.165) is 0 Å². The lowest BCUT2D eigenvalue weighted by atomic mass is 10.1. The van der Waals surface area contributed by atoms with E-state index in [-0.39, 0.29) is 16.8 Å². The molecule has 1 rings (SSSR count). The van der Waals surface area contributed by atoms with Crippen molar-refractivity contribution in [2.75, 3.05) is 19.0 Å². The molecule has 0 aliphatic carbocycles. The number of aliphatic carboxylic acids is 1. The first-order valence-electron chi connectivity index (χ1n) is 5.20. The maximum Gasteiger partial charge on any atom is 0.331 e. The van der Waals surface area contributed by atoms with E-state index in [0.29, 0.717) is 5.69 Å². The van der Waals surface area contributed by atoms with Crippen molar-refractivity contribution < 1.29 is 14.8 Å². The van der Waals surface area contributed by atoms with Gasteiger partial charge in [-0.1, -0.05) is 0 Å². The molecule has 1 aromatic rings. The van der Waals surface area contributed by atoms with Crippen molar-refractivity contribution in [3.05, 3.63) is 39.4 Å². The van der Waals surface area contributed by atoms with Gasteiger partial charge in [0.25, 0.3) is 5.69 Å².